The highest BCUT2D eigenvalue weighted by Crippen LogP contribution is 2.31. The van der Waals surface area contributed by atoms with Crippen molar-refractivity contribution in [2.24, 2.45) is 0 Å². The van der Waals surface area contributed by atoms with Crippen LogP contribution in [0, 0.1) is 20.8 Å². The van der Waals surface area contributed by atoms with Gasteiger partial charge in [-0.15, -0.1) is 11.3 Å². The molecule has 0 saturated carbocycles. The van der Waals surface area contributed by atoms with Crippen LogP contribution in [0.15, 0.2) is 56.7 Å². The summed E-state index contributed by atoms with van der Waals surface area (Å²) in [6, 6.07) is 11.5. The number of nitrogens with zero attached hydrogens (tertiary/aromatic N) is 2. The molecular formula is C25H21N3O4S. The van der Waals surface area contributed by atoms with Crippen molar-refractivity contribution in [3.05, 3.63) is 95.9 Å². The fourth-order valence-electron chi connectivity index (χ4n) is 4.46. The number of thiophene rings is 1. The molecule has 0 radical (unpaired) electrons. The monoisotopic (exact) mass is 459 g/mol. The first kappa shape index (κ1) is 21.0. The number of hydrogen-bond acceptors (Lipinski definition) is 4. The number of aromatic amines is 1. The maximum absolute atomic E-state index is 13.3. The van der Waals surface area contributed by atoms with Gasteiger partial charge in [-0.05, 0) is 49.6 Å². The lowest BCUT2D eigenvalue weighted by atomic mass is 10.0. The number of H-pyrrole nitrogens is 1. The van der Waals surface area contributed by atoms with E-state index in [1.54, 1.807) is 15.3 Å². The van der Waals surface area contributed by atoms with Crippen molar-refractivity contribution < 1.29 is 9.90 Å². The standard InChI is InChI=1S/C25H21N3O4S/c1-13-7-8-20-16(9-13)21(28-23(29)18-11-33-12-19(18)26-25(28)32)22(24(30)31)27(20)10-17-14(2)5-4-6-15(17)3/h4-9,11-12H,10H2,1-3H3,(H,26,32)(H,30,31). The molecule has 0 spiro atoms. The van der Waals surface area contributed by atoms with Crippen molar-refractivity contribution in [3.63, 3.8) is 0 Å². The zero-order valence-corrected chi connectivity index (χ0v) is 19.1. The molecule has 5 aromatic rings. The lowest BCUT2D eigenvalue weighted by molar-refractivity contribution is 0.0686. The minimum Gasteiger partial charge on any atom is -0.477 e. The number of carbonyl (C=O) groups is 1. The normalized spacial score (nSPS) is 11.5. The number of hydrogen-bond donors (Lipinski definition) is 2. The van der Waals surface area contributed by atoms with Crippen LogP contribution in [0.3, 0.4) is 0 Å². The van der Waals surface area contributed by atoms with E-state index >= 15 is 0 Å². The molecule has 0 fully saturated rings. The fourth-order valence-corrected chi connectivity index (χ4v) is 5.21. The molecule has 2 aromatic carbocycles. The van der Waals surface area contributed by atoms with E-state index in [4.69, 9.17) is 0 Å². The average Bonchev–Trinajstić information content (AvgIpc) is 3.34. The summed E-state index contributed by atoms with van der Waals surface area (Å²) < 4.78 is 2.65. The Labute approximate surface area is 192 Å². The summed E-state index contributed by atoms with van der Waals surface area (Å²) in [4.78, 5) is 41.7. The van der Waals surface area contributed by atoms with Crippen LogP contribution in [0.1, 0.15) is 32.7 Å². The highest BCUT2D eigenvalue weighted by molar-refractivity contribution is 7.09. The van der Waals surface area contributed by atoms with Gasteiger partial charge in [0.15, 0.2) is 5.69 Å². The summed E-state index contributed by atoms with van der Waals surface area (Å²) in [5.74, 6) is -1.21. The third kappa shape index (κ3) is 3.22. The molecule has 5 rings (SSSR count). The summed E-state index contributed by atoms with van der Waals surface area (Å²) in [7, 11) is 0. The molecule has 3 aromatic heterocycles. The number of carboxylic acid groups (broad SMARTS) is 1. The second kappa shape index (κ2) is 7.60. The highest BCUT2D eigenvalue weighted by atomic mass is 32.1. The number of fused-ring (bicyclic) bond motifs is 2. The first-order valence-electron chi connectivity index (χ1n) is 10.4. The van der Waals surface area contributed by atoms with Crippen molar-refractivity contribution in [3.8, 4) is 5.69 Å². The van der Waals surface area contributed by atoms with Crippen LogP contribution >= 0.6 is 11.3 Å². The predicted molar refractivity (Wildman–Crippen MR) is 130 cm³/mol. The zero-order chi connectivity index (χ0) is 23.4. The second-order valence-corrected chi connectivity index (χ2v) is 8.99. The Morgan fingerprint density at radius 1 is 1.03 bits per heavy atom. The number of aromatic carboxylic acids is 1. The van der Waals surface area contributed by atoms with Crippen molar-refractivity contribution >= 4 is 39.1 Å². The molecule has 8 heteroatoms. The van der Waals surface area contributed by atoms with E-state index in [9.17, 15) is 19.5 Å². The van der Waals surface area contributed by atoms with Gasteiger partial charge in [0, 0.05) is 22.7 Å². The molecule has 0 aliphatic carbocycles. The maximum atomic E-state index is 13.3. The van der Waals surface area contributed by atoms with E-state index in [0.29, 0.717) is 28.4 Å². The van der Waals surface area contributed by atoms with Gasteiger partial charge in [-0.3, -0.25) is 4.79 Å². The molecule has 0 aliphatic heterocycles. The molecule has 0 bridgehead atoms. The molecule has 33 heavy (non-hydrogen) atoms. The Morgan fingerprint density at radius 3 is 2.45 bits per heavy atom. The molecule has 0 unspecified atom stereocenters. The predicted octanol–water partition coefficient (Wildman–Crippen LogP) is 4.37. The Hall–Kier alpha value is -3.91. The first-order valence-corrected chi connectivity index (χ1v) is 11.3. The highest BCUT2D eigenvalue weighted by Gasteiger charge is 2.27. The topological polar surface area (TPSA) is 97.1 Å². The molecule has 7 nitrogen and oxygen atoms in total. The van der Waals surface area contributed by atoms with Crippen LogP contribution in [-0.4, -0.2) is 25.2 Å². The zero-order valence-electron chi connectivity index (χ0n) is 18.3. The lowest BCUT2D eigenvalue weighted by Crippen LogP contribution is -2.34. The Balaban J connectivity index is 1.93. The molecule has 0 atom stereocenters. The van der Waals surface area contributed by atoms with Crippen LogP contribution in [0.25, 0.3) is 27.5 Å². The van der Waals surface area contributed by atoms with Crippen molar-refractivity contribution in [1.82, 2.24) is 14.1 Å². The van der Waals surface area contributed by atoms with E-state index in [-0.39, 0.29) is 11.4 Å². The van der Waals surface area contributed by atoms with Gasteiger partial charge < -0.3 is 14.7 Å². The minimum atomic E-state index is -1.21. The number of rotatable bonds is 4. The van der Waals surface area contributed by atoms with Crippen LogP contribution in [0.2, 0.25) is 0 Å². The van der Waals surface area contributed by atoms with Crippen LogP contribution in [0.4, 0.5) is 0 Å². The van der Waals surface area contributed by atoms with Crippen molar-refractivity contribution in [2.45, 2.75) is 27.3 Å². The number of nitrogens with one attached hydrogen (secondary N) is 1. The fraction of sp³-hybridized carbons (Fsp3) is 0.160. The molecule has 3 heterocycles. The lowest BCUT2D eigenvalue weighted by Gasteiger charge is -2.14. The van der Waals surface area contributed by atoms with Gasteiger partial charge in [0.25, 0.3) is 5.56 Å². The first-order chi connectivity index (χ1) is 15.8. The molecule has 0 saturated heterocycles. The van der Waals surface area contributed by atoms with Gasteiger partial charge in [-0.1, -0.05) is 29.8 Å². The van der Waals surface area contributed by atoms with Crippen LogP contribution in [-0.2, 0) is 6.54 Å². The smallest absolute Gasteiger partial charge is 0.354 e. The third-order valence-corrected chi connectivity index (χ3v) is 6.86. The van der Waals surface area contributed by atoms with E-state index < -0.39 is 17.2 Å². The number of benzene rings is 2. The molecule has 166 valence electrons. The Kier molecular flexibility index (Phi) is 4.83. The average molecular weight is 460 g/mol. The summed E-state index contributed by atoms with van der Waals surface area (Å²) in [5.41, 5.74) is 3.85. The Morgan fingerprint density at radius 2 is 1.76 bits per heavy atom. The van der Waals surface area contributed by atoms with Crippen molar-refractivity contribution in [1.29, 1.82) is 0 Å². The van der Waals surface area contributed by atoms with Gasteiger partial charge in [0.2, 0.25) is 0 Å². The van der Waals surface area contributed by atoms with Gasteiger partial charge >= 0.3 is 11.7 Å². The maximum Gasteiger partial charge on any atom is 0.354 e. The summed E-state index contributed by atoms with van der Waals surface area (Å²) in [5, 5.41) is 14.5. The van der Waals surface area contributed by atoms with Crippen LogP contribution in [0.5, 0.6) is 0 Å². The van der Waals surface area contributed by atoms with Crippen molar-refractivity contribution in [2.75, 3.05) is 0 Å². The molecule has 0 amide bonds. The number of aryl methyl sites for hydroxylation is 3. The van der Waals surface area contributed by atoms with E-state index in [0.717, 1.165) is 26.8 Å². The number of carboxylic acids is 1. The minimum absolute atomic E-state index is 0.0896. The van der Waals surface area contributed by atoms with Gasteiger partial charge in [-0.25, -0.2) is 14.2 Å². The molecular weight excluding hydrogens is 438 g/mol. The van der Waals surface area contributed by atoms with E-state index in [2.05, 4.69) is 4.98 Å². The number of aromatic nitrogens is 3. The Bertz CT molecular complexity index is 1680. The van der Waals surface area contributed by atoms with Crippen LogP contribution < -0.4 is 11.2 Å². The largest absolute Gasteiger partial charge is 0.477 e. The summed E-state index contributed by atoms with van der Waals surface area (Å²) >= 11 is 1.30. The van der Waals surface area contributed by atoms with Gasteiger partial charge in [0.05, 0.1) is 22.1 Å². The summed E-state index contributed by atoms with van der Waals surface area (Å²) in [6.07, 6.45) is 0. The summed E-state index contributed by atoms with van der Waals surface area (Å²) in [6.45, 7) is 6.16. The second-order valence-electron chi connectivity index (χ2n) is 8.25. The third-order valence-electron chi connectivity index (χ3n) is 6.12. The van der Waals surface area contributed by atoms with Gasteiger partial charge in [0.1, 0.15) is 0 Å². The van der Waals surface area contributed by atoms with Gasteiger partial charge in [-0.2, -0.15) is 0 Å². The van der Waals surface area contributed by atoms with E-state index in [1.807, 2.05) is 57.2 Å². The quantitative estimate of drug-likeness (QED) is 0.417. The molecule has 2 N–H and O–H groups in total. The molecule has 0 aliphatic rings. The van der Waals surface area contributed by atoms with E-state index in [1.165, 1.54) is 11.3 Å². The SMILES string of the molecule is Cc1ccc2c(c1)c(-n1c(=O)[nH]c3cscc3c1=O)c(C(=O)O)n2Cc1c(C)cccc1C.